The fourth-order valence-electron chi connectivity index (χ4n) is 2.76. The minimum atomic E-state index is -3.62. The van der Waals surface area contributed by atoms with E-state index in [9.17, 15) is 8.42 Å². The van der Waals surface area contributed by atoms with Gasteiger partial charge in [-0.2, -0.15) is 13.4 Å². The van der Waals surface area contributed by atoms with E-state index in [2.05, 4.69) is 33.6 Å². The standard InChI is InChI=1S/C14H27N5O3S/c1-11(2)5-6-13-17-14(22-18-13)10-19-7-3-4-12(9-19)8-16-23(15,20)21/h11-12,16H,3-10H2,1-2H3,(H2,15,20,21)/t12-/m0/s1. The van der Waals surface area contributed by atoms with Crippen molar-refractivity contribution in [2.24, 2.45) is 17.0 Å². The molecule has 0 aromatic carbocycles. The van der Waals surface area contributed by atoms with E-state index in [1.807, 2.05) is 0 Å². The predicted molar refractivity (Wildman–Crippen MR) is 86.6 cm³/mol. The maximum absolute atomic E-state index is 11.0. The molecular formula is C14H27N5O3S. The monoisotopic (exact) mass is 345 g/mol. The number of piperidine rings is 1. The summed E-state index contributed by atoms with van der Waals surface area (Å²) in [6.07, 6.45) is 3.89. The van der Waals surface area contributed by atoms with Gasteiger partial charge < -0.3 is 4.52 Å². The maximum Gasteiger partial charge on any atom is 0.274 e. The van der Waals surface area contributed by atoms with E-state index in [0.29, 0.717) is 24.9 Å². The third-order valence-electron chi connectivity index (χ3n) is 3.99. The molecule has 1 atom stereocenters. The quantitative estimate of drug-likeness (QED) is 0.715. The Hall–Kier alpha value is -1.03. The number of nitrogens with two attached hydrogens (primary N) is 1. The topological polar surface area (TPSA) is 114 Å². The number of aryl methyl sites for hydroxylation is 1. The van der Waals surface area contributed by atoms with Crippen molar-refractivity contribution in [2.45, 2.75) is 46.1 Å². The van der Waals surface area contributed by atoms with Crippen molar-refractivity contribution >= 4 is 10.2 Å². The molecule has 3 N–H and O–H groups in total. The third kappa shape index (κ3) is 6.94. The highest BCUT2D eigenvalue weighted by Gasteiger charge is 2.22. The lowest BCUT2D eigenvalue weighted by molar-refractivity contribution is 0.151. The van der Waals surface area contributed by atoms with Gasteiger partial charge in [-0.1, -0.05) is 19.0 Å². The smallest absolute Gasteiger partial charge is 0.274 e. The van der Waals surface area contributed by atoms with E-state index < -0.39 is 10.2 Å². The Kier molecular flexibility index (Phi) is 6.51. The number of nitrogens with one attached hydrogen (secondary N) is 1. The van der Waals surface area contributed by atoms with Gasteiger partial charge in [-0.05, 0) is 37.6 Å². The summed E-state index contributed by atoms with van der Waals surface area (Å²) in [6.45, 7) is 7.08. The number of hydrogen-bond acceptors (Lipinski definition) is 6. The highest BCUT2D eigenvalue weighted by atomic mass is 32.2. The van der Waals surface area contributed by atoms with Crippen molar-refractivity contribution in [3.63, 3.8) is 0 Å². The lowest BCUT2D eigenvalue weighted by Gasteiger charge is -2.31. The molecule has 0 radical (unpaired) electrons. The molecule has 0 saturated carbocycles. The van der Waals surface area contributed by atoms with Gasteiger partial charge in [-0.15, -0.1) is 0 Å². The van der Waals surface area contributed by atoms with Crippen molar-refractivity contribution in [3.8, 4) is 0 Å². The van der Waals surface area contributed by atoms with Gasteiger partial charge in [-0.25, -0.2) is 9.86 Å². The van der Waals surface area contributed by atoms with Gasteiger partial charge in [0.25, 0.3) is 10.2 Å². The van der Waals surface area contributed by atoms with Gasteiger partial charge in [0.15, 0.2) is 5.82 Å². The third-order valence-corrected chi connectivity index (χ3v) is 4.56. The lowest BCUT2D eigenvalue weighted by atomic mass is 9.98. The van der Waals surface area contributed by atoms with E-state index in [4.69, 9.17) is 9.66 Å². The number of aromatic nitrogens is 2. The molecule has 2 rings (SSSR count). The van der Waals surface area contributed by atoms with Crippen LogP contribution in [0.4, 0.5) is 0 Å². The second-order valence-corrected chi connectivity index (χ2v) is 8.05. The van der Waals surface area contributed by atoms with Crippen molar-refractivity contribution in [1.82, 2.24) is 19.8 Å². The Morgan fingerprint density at radius 1 is 1.48 bits per heavy atom. The predicted octanol–water partition coefficient (Wildman–Crippen LogP) is 0.663. The molecule has 132 valence electrons. The van der Waals surface area contributed by atoms with E-state index in [1.54, 1.807) is 0 Å². The Labute approximate surface area is 138 Å². The van der Waals surface area contributed by atoms with Gasteiger partial charge in [0, 0.05) is 19.5 Å². The number of hydrogen-bond donors (Lipinski definition) is 2. The molecule has 1 aliphatic rings. The first-order chi connectivity index (χ1) is 10.8. The Morgan fingerprint density at radius 2 is 2.26 bits per heavy atom. The summed E-state index contributed by atoms with van der Waals surface area (Å²) in [5, 5.41) is 9.00. The summed E-state index contributed by atoms with van der Waals surface area (Å²) in [5.74, 6) is 2.26. The van der Waals surface area contributed by atoms with Crippen LogP contribution in [-0.2, 0) is 23.2 Å². The first-order valence-electron chi connectivity index (χ1n) is 8.13. The minimum Gasteiger partial charge on any atom is -0.338 e. The molecule has 1 fully saturated rings. The zero-order valence-electron chi connectivity index (χ0n) is 13.9. The molecule has 0 amide bonds. The van der Waals surface area contributed by atoms with Crippen LogP contribution in [0, 0.1) is 11.8 Å². The zero-order valence-corrected chi connectivity index (χ0v) is 14.7. The average molecular weight is 345 g/mol. The fourth-order valence-corrected chi connectivity index (χ4v) is 3.23. The molecule has 1 aromatic rings. The maximum atomic E-state index is 11.0. The summed E-state index contributed by atoms with van der Waals surface area (Å²) in [4.78, 5) is 6.66. The van der Waals surface area contributed by atoms with Crippen LogP contribution in [0.15, 0.2) is 4.52 Å². The molecule has 0 spiro atoms. The highest BCUT2D eigenvalue weighted by Crippen LogP contribution is 2.18. The summed E-state index contributed by atoms with van der Waals surface area (Å²) >= 11 is 0. The molecule has 23 heavy (non-hydrogen) atoms. The van der Waals surface area contributed by atoms with Crippen molar-refractivity contribution in [1.29, 1.82) is 0 Å². The van der Waals surface area contributed by atoms with Crippen LogP contribution in [0.5, 0.6) is 0 Å². The van der Waals surface area contributed by atoms with E-state index in [-0.39, 0.29) is 5.92 Å². The molecule has 9 heteroatoms. The van der Waals surface area contributed by atoms with Gasteiger partial charge in [0.2, 0.25) is 5.89 Å². The summed E-state index contributed by atoms with van der Waals surface area (Å²) in [6, 6.07) is 0. The lowest BCUT2D eigenvalue weighted by Crippen LogP contribution is -2.42. The Morgan fingerprint density at radius 3 is 2.96 bits per heavy atom. The van der Waals surface area contributed by atoms with E-state index in [1.165, 1.54) is 0 Å². The SMILES string of the molecule is CC(C)CCc1noc(CN2CCC[C@@H](CNS(N)(=O)=O)C2)n1. The summed E-state index contributed by atoms with van der Waals surface area (Å²) < 4.78 is 29.7. The van der Waals surface area contributed by atoms with Crippen LogP contribution in [0.3, 0.4) is 0 Å². The van der Waals surface area contributed by atoms with Crippen LogP contribution in [0.2, 0.25) is 0 Å². The first kappa shape index (κ1) is 18.3. The molecule has 1 aromatic heterocycles. The van der Waals surface area contributed by atoms with Crippen LogP contribution in [-0.4, -0.2) is 43.1 Å². The second kappa shape index (κ2) is 8.18. The van der Waals surface area contributed by atoms with Crippen molar-refractivity contribution in [3.05, 3.63) is 11.7 Å². The van der Waals surface area contributed by atoms with Gasteiger partial charge >= 0.3 is 0 Å². The van der Waals surface area contributed by atoms with Crippen molar-refractivity contribution < 1.29 is 12.9 Å². The Bertz CT molecular complexity index is 587. The average Bonchev–Trinajstić information content (AvgIpc) is 2.90. The van der Waals surface area contributed by atoms with Gasteiger partial charge in [0.05, 0.1) is 6.54 Å². The molecule has 0 bridgehead atoms. The first-order valence-corrected chi connectivity index (χ1v) is 9.67. The summed E-state index contributed by atoms with van der Waals surface area (Å²) in [5.41, 5.74) is 0. The van der Waals surface area contributed by atoms with Crippen LogP contribution >= 0.6 is 0 Å². The molecule has 1 aliphatic heterocycles. The minimum absolute atomic E-state index is 0.255. The van der Waals surface area contributed by atoms with Gasteiger partial charge in [-0.3, -0.25) is 4.90 Å². The van der Waals surface area contributed by atoms with Crippen LogP contribution in [0.1, 0.15) is 44.8 Å². The summed E-state index contributed by atoms with van der Waals surface area (Å²) in [7, 11) is -3.62. The fraction of sp³-hybridized carbons (Fsp3) is 0.857. The van der Waals surface area contributed by atoms with Crippen LogP contribution < -0.4 is 9.86 Å². The highest BCUT2D eigenvalue weighted by molar-refractivity contribution is 7.87. The molecule has 0 unspecified atom stereocenters. The Balaban J connectivity index is 1.80. The molecular weight excluding hydrogens is 318 g/mol. The number of likely N-dealkylation sites (tertiary alicyclic amines) is 1. The van der Waals surface area contributed by atoms with Crippen LogP contribution in [0.25, 0.3) is 0 Å². The molecule has 1 saturated heterocycles. The number of nitrogens with zero attached hydrogens (tertiary/aromatic N) is 3. The number of rotatable bonds is 8. The normalized spacial score (nSPS) is 20.3. The molecule has 2 heterocycles. The molecule has 0 aliphatic carbocycles. The largest absolute Gasteiger partial charge is 0.338 e. The second-order valence-electron chi connectivity index (χ2n) is 6.67. The van der Waals surface area contributed by atoms with Crippen molar-refractivity contribution in [2.75, 3.05) is 19.6 Å². The zero-order chi connectivity index (χ0) is 16.9. The molecule has 8 nitrogen and oxygen atoms in total. The van der Waals surface area contributed by atoms with E-state index >= 15 is 0 Å². The van der Waals surface area contributed by atoms with E-state index in [0.717, 1.165) is 44.6 Å². The van der Waals surface area contributed by atoms with Gasteiger partial charge in [0.1, 0.15) is 0 Å².